The van der Waals surface area contributed by atoms with Crippen molar-refractivity contribution in [2.75, 3.05) is 19.6 Å². The molecule has 0 saturated carbocycles. The van der Waals surface area contributed by atoms with Crippen molar-refractivity contribution in [2.45, 2.75) is 32.1 Å². The standard InChI is InChI=1S/C15H21N/c1-2-3-11-16-12-9-15(10-13-16)14-7-5-4-6-8-14/h1,4-5,8,15H,3,6-7,9-13H2. The summed E-state index contributed by atoms with van der Waals surface area (Å²) in [4.78, 5) is 2.51. The number of piperidine rings is 1. The third-order valence-electron chi connectivity index (χ3n) is 3.72. The maximum atomic E-state index is 5.30. The second kappa shape index (κ2) is 5.92. The first-order valence-electron chi connectivity index (χ1n) is 6.40. The molecule has 0 bridgehead atoms. The minimum absolute atomic E-state index is 0.840. The van der Waals surface area contributed by atoms with Crippen molar-refractivity contribution in [1.29, 1.82) is 0 Å². The van der Waals surface area contributed by atoms with E-state index in [-0.39, 0.29) is 0 Å². The predicted octanol–water partition coefficient (Wildman–Crippen LogP) is 3.00. The fourth-order valence-corrected chi connectivity index (χ4v) is 2.70. The van der Waals surface area contributed by atoms with Gasteiger partial charge in [0.1, 0.15) is 0 Å². The van der Waals surface area contributed by atoms with Crippen LogP contribution in [0.2, 0.25) is 0 Å². The summed E-state index contributed by atoms with van der Waals surface area (Å²) in [7, 11) is 0. The Hall–Kier alpha value is -1.00. The summed E-state index contributed by atoms with van der Waals surface area (Å²) in [5, 5.41) is 0. The quantitative estimate of drug-likeness (QED) is 0.517. The van der Waals surface area contributed by atoms with Crippen molar-refractivity contribution >= 4 is 0 Å². The van der Waals surface area contributed by atoms with E-state index in [0.29, 0.717) is 0 Å². The van der Waals surface area contributed by atoms with E-state index >= 15 is 0 Å². The zero-order valence-corrected chi connectivity index (χ0v) is 9.99. The molecular formula is C15H21N. The highest BCUT2D eigenvalue weighted by atomic mass is 15.1. The van der Waals surface area contributed by atoms with Crippen molar-refractivity contribution in [2.24, 2.45) is 5.92 Å². The lowest BCUT2D eigenvalue weighted by molar-refractivity contribution is 0.201. The molecule has 1 fully saturated rings. The molecule has 1 aliphatic carbocycles. The van der Waals surface area contributed by atoms with Crippen LogP contribution in [0.4, 0.5) is 0 Å². The summed E-state index contributed by atoms with van der Waals surface area (Å²) in [6, 6.07) is 0. The number of likely N-dealkylation sites (tertiary alicyclic amines) is 1. The zero-order valence-electron chi connectivity index (χ0n) is 9.99. The van der Waals surface area contributed by atoms with Gasteiger partial charge in [-0.05, 0) is 44.7 Å². The molecule has 0 aromatic rings. The number of terminal acetylenes is 1. The molecule has 1 heterocycles. The van der Waals surface area contributed by atoms with E-state index in [2.05, 4.69) is 29.0 Å². The Bertz CT molecular complexity index is 311. The molecule has 2 aliphatic rings. The molecule has 0 radical (unpaired) electrons. The second-order valence-electron chi connectivity index (χ2n) is 4.76. The largest absolute Gasteiger partial charge is 0.302 e. The first-order valence-corrected chi connectivity index (χ1v) is 6.40. The Morgan fingerprint density at radius 1 is 1.31 bits per heavy atom. The average Bonchev–Trinajstić information content (AvgIpc) is 2.38. The molecule has 0 amide bonds. The van der Waals surface area contributed by atoms with Gasteiger partial charge < -0.3 is 4.90 Å². The van der Waals surface area contributed by atoms with Gasteiger partial charge in [-0.15, -0.1) is 12.3 Å². The number of nitrogens with zero attached hydrogens (tertiary/aromatic N) is 1. The van der Waals surface area contributed by atoms with Gasteiger partial charge in [0.15, 0.2) is 0 Å². The van der Waals surface area contributed by atoms with Gasteiger partial charge in [0.25, 0.3) is 0 Å². The number of rotatable bonds is 3. The van der Waals surface area contributed by atoms with Crippen molar-refractivity contribution in [3.63, 3.8) is 0 Å². The minimum Gasteiger partial charge on any atom is -0.302 e. The van der Waals surface area contributed by atoms with Gasteiger partial charge >= 0.3 is 0 Å². The maximum absolute atomic E-state index is 5.30. The monoisotopic (exact) mass is 215 g/mol. The molecule has 0 unspecified atom stereocenters. The molecule has 0 spiro atoms. The van der Waals surface area contributed by atoms with Crippen LogP contribution < -0.4 is 0 Å². The highest BCUT2D eigenvalue weighted by Crippen LogP contribution is 2.29. The van der Waals surface area contributed by atoms with E-state index in [1.807, 2.05) is 0 Å². The predicted molar refractivity (Wildman–Crippen MR) is 69.1 cm³/mol. The molecule has 0 aromatic heterocycles. The molecule has 0 atom stereocenters. The van der Waals surface area contributed by atoms with Gasteiger partial charge in [-0.25, -0.2) is 0 Å². The molecule has 1 heteroatoms. The second-order valence-corrected chi connectivity index (χ2v) is 4.76. The van der Waals surface area contributed by atoms with Crippen LogP contribution in [0, 0.1) is 18.3 Å². The highest BCUT2D eigenvalue weighted by molar-refractivity contribution is 5.18. The Kier molecular flexibility index (Phi) is 4.25. The maximum Gasteiger partial charge on any atom is 0.0214 e. The number of hydrogen-bond donors (Lipinski definition) is 0. The lowest BCUT2D eigenvalue weighted by Crippen LogP contribution is -2.34. The summed E-state index contributed by atoms with van der Waals surface area (Å²) < 4.78 is 0. The lowest BCUT2D eigenvalue weighted by atomic mass is 9.85. The van der Waals surface area contributed by atoms with Gasteiger partial charge in [-0.3, -0.25) is 0 Å². The van der Waals surface area contributed by atoms with Crippen LogP contribution in [-0.4, -0.2) is 24.5 Å². The molecule has 2 rings (SSSR count). The van der Waals surface area contributed by atoms with Gasteiger partial charge in [0, 0.05) is 13.0 Å². The van der Waals surface area contributed by atoms with Gasteiger partial charge in [0.05, 0.1) is 0 Å². The Balaban J connectivity index is 1.77. The first kappa shape index (κ1) is 11.5. The summed E-state index contributed by atoms with van der Waals surface area (Å²) in [6.45, 7) is 3.54. The molecule has 0 aromatic carbocycles. The average molecular weight is 215 g/mol. The van der Waals surface area contributed by atoms with Crippen LogP contribution in [0.5, 0.6) is 0 Å². The fraction of sp³-hybridized carbons (Fsp3) is 0.600. The summed E-state index contributed by atoms with van der Waals surface area (Å²) >= 11 is 0. The topological polar surface area (TPSA) is 3.24 Å². The van der Waals surface area contributed by atoms with Crippen molar-refractivity contribution < 1.29 is 0 Å². The van der Waals surface area contributed by atoms with E-state index in [4.69, 9.17) is 6.42 Å². The van der Waals surface area contributed by atoms with E-state index in [1.54, 1.807) is 5.57 Å². The van der Waals surface area contributed by atoms with E-state index in [1.165, 1.54) is 32.4 Å². The van der Waals surface area contributed by atoms with Gasteiger partial charge in [-0.1, -0.05) is 23.8 Å². The Morgan fingerprint density at radius 2 is 2.12 bits per heavy atom. The SMILES string of the molecule is C#CCCN1CCC(C2=CCC=CC2)CC1. The highest BCUT2D eigenvalue weighted by Gasteiger charge is 2.21. The molecule has 16 heavy (non-hydrogen) atoms. The number of allylic oxidation sites excluding steroid dienone is 4. The van der Waals surface area contributed by atoms with Crippen molar-refractivity contribution in [3.8, 4) is 12.3 Å². The van der Waals surface area contributed by atoms with Crippen LogP contribution in [-0.2, 0) is 0 Å². The van der Waals surface area contributed by atoms with Crippen LogP contribution in [0.3, 0.4) is 0 Å². The Labute approximate surface area is 99.2 Å². The van der Waals surface area contributed by atoms with Crippen LogP contribution in [0.15, 0.2) is 23.8 Å². The van der Waals surface area contributed by atoms with Gasteiger partial charge in [0.2, 0.25) is 0 Å². The third-order valence-corrected chi connectivity index (χ3v) is 3.72. The first-order chi connectivity index (χ1) is 7.90. The normalized spacial score (nSPS) is 22.8. The van der Waals surface area contributed by atoms with Crippen molar-refractivity contribution in [3.05, 3.63) is 23.8 Å². The molecule has 1 saturated heterocycles. The minimum atomic E-state index is 0.840. The zero-order chi connectivity index (χ0) is 11.2. The third kappa shape index (κ3) is 3.00. The fourth-order valence-electron chi connectivity index (χ4n) is 2.70. The van der Waals surface area contributed by atoms with Crippen LogP contribution in [0.25, 0.3) is 0 Å². The summed E-state index contributed by atoms with van der Waals surface area (Å²) in [5.74, 6) is 3.57. The molecule has 0 N–H and O–H groups in total. The summed E-state index contributed by atoms with van der Waals surface area (Å²) in [5.41, 5.74) is 1.68. The molecule has 1 nitrogen and oxygen atoms in total. The summed E-state index contributed by atoms with van der Waals surface area (Å²) in [6.07, 6.45) is 18.2. The molecule has 1 aliphatic heterocycles. The molecular weight excluding hydrogens is 194 g/mol. The van der Waals surface area contributed by atoms with E-state index in [9.17, 15) is 0 Å². The lowest BCUT2D eigenvalue weighted by Gasteiger charge is -2.33. The molecule has 86 valence electrons. The van der Waals surface area contributed by atoms with Crippen LogP contribution in [0.1, 0.15) is 32.1 Å². The smallest absolute Gasteiger partial charge is 0.0214 e. The van der Waals surface area contributed by atoms with Crippen LogP contribution >= 0.6 is 0 Å². The van der Waals surface area contributed by atoms with E-state index in [0.717, 1.165) is 25.3 Å². The van der Waals surface area contributed by atoms with E-state index < -0.39 is 0 Å². The van der Waals surface area contributed by atoms with Gasteiger partial charge in [-0.2, -0.15) is 0 Å². The number of hydrogen-bond acceptors (Lipinski definition) is 1. The van der Waals surface area contributed by atoms with Crippen molar-refractivity contribution in [1.82, 2.24) is 4.90 Å². The Morgan fingerprint density at radius 3 is 2.75 bits per heavy atom.